The van der Waals surface area contributed by atoms with Crippen molar-refractivity contribution in [3.8, 4) is 39.5 Å². The van der Waals surface area contributed by atoms with Gasteiger partial charge in [0, 0.05) is 16.5 Å². The highest BCUT2D eigenvalue weighted by atomic mass is 35.5. The van der Waals surface area contributed by atoms with Crippen molar-refractivity contribution in [1.29, 1.82) is 0 Å². The fourth-order valence-corrected chi connectivity index (χ4v) is 7.99. The molecule has 0 radical (unpaired) electrons. The Morgan fingerprint density at radius 2 is 1.59 bits per heavy atom. The second-order valence-corrected chi connectivity index (χ2v) is 13.5. The molecule has 3 aliphatic rings. The summed E-state index contributed by atoms with van der Waals surface area (Å²) in [5, 5.41) is 7.95. The maximum atomic E-state index is 16.2. The number of aromatic amines is 2. The third-order valence-electron chi connectivity index (χ3n) is 9.05. The predicted molar refractivity (Wildman–Crippen MR) is 171 cm³/mol. The molecular formula is C33H29ClFN7OS. The van der Waals surface area contributed by atoms with E-state index in [4.69, 9.17) is 16.3 Å². The molecule has 44 heavy (non-hydrogen) atoms. The SMILES string of the molecule is Fc1cc(-c2cnc([C@@H]3CCCN3)[nH]2)cc2c1-c1cc3cc(-c4cnc([C@@H]5CCCN5)[nH]4)ccc3n1C(c1ccc(Cl)s1)O2. The minimum Gasteiger partial charge on any atom is -0.464 e. The lowest BCUT2D eigenvalue weighted by molar-refractivity contribution is 0.176. The van der Waals surface area contributed by atoms with Crippen LogP contribution in [0.5, 0.6) is 5.75 Å². The number of rotatable bonds is 5. The number of H-pyrrole nitrogens is 2. The molecule has 0 saturated carbocycles. The van der Waals surface area contributed by atoms with Crippen molar-refractivity contribution in [2.75, 3.05) is 13.1 Å². The number of aromatic nitrogens is 5. The Labute approximate surface area is 261 Å². The lowest BCUT2D eigenvalue weighted by Crippen LogP contribution is -2.22. The van der Waals surface area contributed by atoms with E-state index in [1.54, 1.807) is 12.3 Å². The molecule has 9 rings (SSSR count). The van der Waals surface area contributed by atoms with E-state index in [0.717, 1.165) is 88.8 Å². The maximum Gasteiger partial charge on any atom is 0.212 e. The van der Waals surface area contributed by atoms with E-state index in [2.05, 4.69) is 59.4 Å². The molecule has 3 aliphatic heterocycles. The van der Waals surface area contributed by atoms with Crippen molar-refractivity contribution >= 4 is 33.8 Å². The summed E-state index contributed by atoms with van der Waals surface area (Å²) in [7, 11) is 0. The minimum atomic E-state index is -0.500. The predicted octanol–water partition coefficient (Wildman–Crippen LogP) is 7.73. The van der Waals surface area contributed by atoms with Gasteiger partial charge in [-0.3, -0.25) is 4.57 Å². The van der Waals surface area contributed by atoms with Crippen LogP contribution in [0.2, 0.25) is 4.34 Å². The van der Waals surface area contributed by atoms with E-state index in [9.17, 15) is 0 Å². The number of hydrogen-bond acceptors (Lipinski definition) is 6. The van der Waals surface area contributed by atoms with Crippen LogP contribution in [0.25, 0.3) is 44.7 Å². The number of nitrogens with one attached hydrogen (secondary N) is 4. The van der Waals surface area contributed by atoms with Gasteiger partial charge in [-0.15, -0.1) is 11.3 Å². The average molecular weight is 626 g/mol. The molecule has 222 valence electrons. The van der Waals surface area contributed by atoms with Crippen LogP contribution in [0.1, 0.15) is 60.5 Å². The molecule has 11 heteroatoms. The largest absolute Gasteiger partial charge is 0.464 e. The molecule has 3 atom stereocenters. The Morgan fingerprint density at radius 3 is 2.25 bits per heavy atom. The van der Waals surface area contributed by atoms with Crippen LogP contribution in [0, 0.1) is 5.82 Å². The van der Waals surface area contributed by atoms with Crippen molar-refractivity contribution < 1.29 is 9.13 Å². The second-order valence-electron chi connectivity index (χ2n) is 11.8. The smallest absolute Gasteiger partial charge is 0.212 e. The lowest BCUT2D eigenvalue weighted by atomic mass is 10.0. The fourth-order valence-electron chi connectivity index (χ4n) is 6.90. The normalized spacial score (nSPS) is 21.1. The van der Waals surface area contributed by atoms with Gasteiger partial charge in [0.1, 0.15) is 23.2 Å². The molecular weight excluding hydrogens is 597 g/mol. The van der Waals surface area contributed by atoms with Gasteiger partial charge in [-0.2, -0.15) is 0 Å². The molecule has 7 heterocycles. The Balaban J connectivity index is 1.15. The summed E-state index contributed by atoms with van der Waals surface area (Å²) in [6.45, 7) is 1.99. The average Bonchev–Trinajstić information content (AvgIpc) is 3.87. The minimum absolute atomic E-state index is 0.198. The summed E-state index contributed by atoms with van der Waals surface area (Å²) >= 11 is 7.85. The highest BCUT2D eigenvalue weighted by Crippen LogP contribution is 2.48. The van der Waals surface area contributed by atoms with E-state index in [-0.39, 0.29) is 17.9 Å². The van der Waals surface area contributed by atoms with Crippen LogP contribution in [0.3, 0.4) is 0 Å². The van der Waals surface area contributed by atoms with E-state index >= 15 is 4.39 Å². The first-order valence-electron chi connectivity index (χ1n) is 15.1. The zero-order chi connectivity index (χ0) is 29.4. The van der Waals surface area contributed by atoms with Crippen LogP contribution in [0.4, 0.5) is 4.39 Å². The number of fused-ring (bicyclic) bond motifs is 5. The Morgan fingerprint density at radius 1 is 0.864 bits per heavy atom. The molecule has 4 N–H and O–H groups in total. The topological polar surface area (TPSA) is 95.6 Å². The number of ether oxygens (including phenoxy) is 1. The molecule has 0 aliphatic carbocycles. The van der Waals surface area contributed by atoms with Crippen LogP contribution < -0.4 is 15.4 Å². The van der Waals surface area contributed by atoms with Crippen molar-refractivity contribution in [2.45, 2.75) is 44.0 Å². The van der Waals surface area contributed by atoms with Gasteiger partial charge in [0.15, 0.2) is 0 Å². The van der Waals surface area contributed by atoms with Gasteiger partial charge in [-0.1, -0.05) is 17.7 Å². The first-order valence-corrected chi connectivity index (χ1v) is 16.3. The lowest BCUT2D eigenvalue weighted by Gasteiger charge is -2.30. The van der Waals surface area contributed by atoms with Gasteiger partial charge >= 0.3 is 0 Å². The summed E-state index contributed by atoms with van der Waals surface area (Å²) < 4.78 is 25.6. The molecule has 2 saturated heterocycles. The highest BCUT2D eigenvalue weighted by molar-refractivity contribution is 7.16. The maximum absolute atomic E-state index is 16.2. The van der Waals surface area contributed by atoms with Gasteiger partial charge in [0.25, 0.3) is 0 Å². The summed E-state index contributed by atoms with van der Waals surface area (Å²) in [6, 6.07) is 16.1. The molecule has 2 fully saturated rings. The van der Waals surface area contributed by atoms with Crippen LogP contribution in [0.15, 0.2) is 60.9 Å². The van der Waals surface area contributed by atoms with Crippen LogP contribution in [-0.4, -0.2) is 37.6 Å². The van der Waals surface area contributed by atoms with Gasteiger partial charge in [0.05, 0.1) is 61.9 Å². The molecule has 0 spiro atoms. The third-order valence-corrected chi connectivity index (χ3v) is 10.3. The summed E-state index contributed by atoms with van der Waals surface area (Å²) in [5.41, 5.74) is 5.59. The van der Waals surface area contributed by atoms with Crippen molar-refractivity contribution in [3.63, 3.8) is 0 Å². The monoisotopic (exact) mass is 625 g/mol. The zero-order valence-electron chi connectivity index (χ0n) is 23.7. The van der Waals surface area contributed by atoms with Crippen molar-refractivity contribution in [3.05, 3.63) is 87.6 Å². The van der Waals surface area contributed by atoms with Gasteiger partial charge < -0.3 is 25.3 Å². The van der Waals surface area contributed by atoms with Crippen LogP contribution in [-0.2, 0) is 0 Å². The molecule has 0 amide bonds. The van der Waals surface area contributed by atoms with E-state index < -0.39 is 6.23 Å². The number of halogens is 2. The first-order chi connectivity index (χ1) is 21.6. The molecule has 8 nitrogen and oxygen atoms in total. The number of benzene rings is 2. The second kappa shape index (κ2) is 10.3. The fraction of sp³-hybridized carbons (Fsp3) is 0.273. The molecule has 0 bridgehead atoms. The Kier molecular flexibility index (Phi) is 6.19. The number of nitrogens with zero attached hydrogens (tertiary/aromatic N) is 3. The third kappa shape index (κ3) is 4.31. The zero-order valence-corrected chi connectivity index (χ0v) is 25.2. The molecule has 4 aromatic heterocycles. The molecule has 1 unspecified atom stereocenters. The van der Waals surface area contributed by atoms with E-state index in [1.165, 1.54) is 11.3 Å². The number of thiophene rings is 1. The number of imidazole rings is 2. The van der Waals surface area contributed by atoms with Gasteiger partial charge in [-0.05, 0) is 81.2 Å². The quantitative estimate of drug-likeness (QED) is 0.157. The summed E-state index contributed by atoms with van der Waals surface area (Å²) in [5.74, 6) is 1.99. The summed E-state index contributed by atoms with van der Waals surface area (Å²) in [4.78, 5) is 17.1. The standard InChI is InChI=1S/C33H29ClFN7OS/c34-29-8-7-28(44-29)33-42-25-6-5-17(23-15-38-31(40-23)21-3-1-9-36-21)11-19(25)13-26(42)30-20(35)12-18(14-27(30)43-33)24-16-39-32(41-24)22-4-2-10-37-22/h5-8,11-16,21-22,33,36-37H,1-4,9-10H2,(H,38,40)(H,39,41)/t21-,22-,33?/m0/s1. The van der Waals surface area contributed by atoms with E-state index in [0.29, 0.717) is 21.2 Å². The number of hydrogen-bond donors (Lipinski definition) is 4. The van der Waals surface area contributed by atoms with E-state index in [1.807, 2.05) is 24.4 Å². The van der Waals surface area contributed by atoms with Gasteiger partial charge in [-0.25, -0.2) is 14.4 Å². The Hall–Kier alpha value is -3.96. The van der Waals surface area contributed by atoms with Crippen molar-refractivity contribution in [2.24, 2.45) is 0 Å². The highest BCUT2D eigenvalue weighted by Gasteiger charge is 2.33. The Bertz CT molecular complexity index is 2030. The molecule has 2 aromatic carbocycles. The van der Waals surface area contributed by atoms with Crippen LogP contribution >= 0.6 is 22.9 Å². The van der Waals surface area contributed by atoms with Gasteiger partial charge in [0.2, 0.25) is 6.23 Å². The summed E-state index contributed by atoms with van der Waals surface area (Å²) in [6.07, 6.45) is 7.56. The van der Waals surface area contributed by atoms with Crippen molar-refractivity contribution in [1.82, 2.24) is 35.1 Å². The molecule has 6 aromatic rings. The first kappa shape index (κ1) is 26.4.